The average Bonchev–Trinajstić information content (AvgIpc) is 3.01. The van der Waals surface area contributed by atoms with Crippen LogP contribution in [0.2, 0.25) is 0 Å². The van der Waals surface area contributed by atoms with Gasteiger partial charge in [-0.2, -0.15) is 10.2 Å². The minimum absolute atomic E-state index is 0.112. The largest absolute Gasteiger partial charge is 0.282 e. The molecule has 8 heteroatoms. The van der Waals surface area contributed by atoms with E-state index in [0.29, 0.717) is 18.3 Å². The standard InChI is InChI=1S/C18H25N5O2S/c1-11-15(16(21-20-11)12-6-7-12)18-19-17(13-4-2-3-5-13)22-23(18)14-8-9-26(24,25)10-14/h12-14H,2-10H2,1H3,(H,20,21). The quantitative estimate of drug-likeness (QED) is 0.887. The molecule has 0 amide bonds. The monoisotopic (exact) mass is 375 g/mol. The minimum Gasteiger partial charge on any atom is -0.282 e. The maximum atomic E-state index is 12.0. The van der Waals surface area contributed by atoms with E-state index >= 15 is 0 Å². The van der Waals surface area contributed by atoms with Crippen LogP contribution in [0.5, 0.6) is 0 Å². The van der Waals surface area contributed by atoms with Gasteiger partial charge in [-0.1, -0.05) is 12.8 Å². The van der Waals surface area contributed by atoms with E-state index in [0.717, 1.165) is 41.4 Å². The van der Waals surface area contributed by atoms with Crippen LogP contribution in [0.1, 0.15) is 80.0 Å². The second kappa shape index (κ2) is 5.90. The maximum Gasteiger partial charge on any atom is 0.162 e. The van der Waals surface area contributed by atoms with Crippen LogP contribution in [-0.2, 0) is 9.84 Å². The van der Waals surface area contributed by atoms with Crippen LogP contribution < -0.4 is 0 Å². The normalized spacial score (nSPS) is 26.0. The van der Waals surface area contributed by atoms with Crippen molar-refractivity contribution >= 4 is 9.84 Å². The molecule has 3 heterocycles. The number of aryl methyl sites for hydroxylation is 1. The molecule has 1 saturated heterocycles. The molecule has 0 aromatic carbocycles. The fourth-order valence-corrected chi connectivity index (χ4v) is 6.16. The van der Waals surface area contributed by atoms with E-state index in [1.807, 2.05) is 11.6 Å². The molecule has 3 aliphatic rings. The Bertz CT molecular complexity index is 935. The van der Waals surface area contributed by atoms with Gasteiger partial charge in [0, 0.05) is 17.5 Å². The highest BCUT2D eigenvalue weighted by molar-refractivity contribution is 7.91. The van der Waals surface area contributed by atoms with E-state index in [1.54, 1.807) is 0 Å². The first kappa shape index (κ1) is 16.5. The Morgan fingerprint density at radius 3 is 2.50 bits per heavy atom. The molecule has 1 aliphatic heterocycles. The fraction of sp³-hybridized carbons (Fsp3) is 0.722. The average molecular weight is 375 g/mol. The van der Waals surface area contributed by atoms with Crippen LogP contribution in [0.3, 0.4) is 0 Å². The van der Waals surface area contributed by atoms with Crippen molar-refractivity contribution < 1.29 is 8.42 Å². The molecule has 2 saturated carbocycles. The summed E-state index contributed by atoms with van der Waals surface area (Å²) in [5.74, 6) is 3.04. The van der Waals surface area contributed by atoms with Gasteiger partial charge in [0.25, 0.3) is 0 Å². The third kappa shape index (κ3) is 2.78. The summed E-state index contributed by atoms with van der Waals surface area (Å²) in [6, 6.07) is -0.112. The molecule has 7 nitrogen and oxygen atoms in total. The Kier molecular flexibility index (Phi) is 3.74. The number of sulfone groups is 1. The molecule has 3 fully saturated rings. The third-order valence-corrected chi connectivity index (χ3v) is 7.84. The first-order valence-electron chi connectivity index (χ1n) is 9.74. The summed E-state index contributed by atoms with van der Waals surface area (Å²) < 4.78 is 26.0. The Morgan fingerprint density at radius 1 is 1.08 bits per heavy atom. The fourth-order valence-electron chi connectivity index (χ4n) is 4.47. The summed E-state index contributed by atoms with van der Waals surface area (Å²) >= 11 is 0. The number of H-pyrrole nitrogens is 1. The Hall–Kier alpha value is -1.70. The van der Waals surface area contributed by atoms with Gasteiger partial charge in [0.2, 0.25) is 0 Å². The lowest BCUT2D eigenvalue weighted by atomic mass is 10.1. The summed E-state index contributed by atoms with van der Waals surface area (Å²) in [5.41, 5.74) is 3.13. The van der Waals surface area contributed by atoms with Crippen molar-refractivity contribution in [3.8, 4) is 11.4 Å². The zero-order chi connectivity index (χ0) is 17.9. The molecule has 0 spiro atoms. The Balaban J connectivity index is 1.62. The molecule has 2 aromatic rings. The lowest BCUT2D eigenvalue weighted by Gasteiger charge is -2.12. The molecular formula is C18H25N5O2S. The number of nitrogens with zero attached hydrogens (tertiary/aromatic N) is 4. The minimum atomic E-state index is -2.98. The zero-order valence-electron chi connectivity index (χ0n) is 15.1. The molecule has 140 valence electrons. The SMILES string of the molecule is Cc1[nH]nc(C2CC2)c1-c1nc(C2CCCC2)nn1C1CCS(=O)(=O)C1. The van der Waals surface area contributed by atoms with Gasteiger partial charge < -0.3 is 0 Å². The summed E-state index contributed by atoms with van der Waals surface area (Å²) in [4.78, 5) is 4.96. The van der Waals surface area contributed by atoms with Gasteiger partial charge in [0.1, 0.15) is 0 Å². The molecule has 1 atom stereocenters. The molecular weight excluding hydrogens is 350 g/mol. The summed E-state index contributed by atoms with van der Waals surface area (Å²) in [5, 5.41) is 12.5. The molecule has 0 bridgehead atoms. The van der Waals surface area contributed by atoms with Gasteiger partial charge in [0.05, 0.1) is 28.8 Å². The number of hydrogen-bond donors (Lipinski definition) is 1. The third-order valence-electron chi connectivity index (χ3n) is 6.09. The number of rotatable bonds is 4. The highest BCUT2D eigenvalue weighted by Gasteiger charge is 2.37. The van der Waals surface area contributed by atoms with Crippen LogP contribution in [0.25, 0.3) is 11.4 Å². The Labute approximate surface area is 153 Å². The van der Waals surface area contributed by atoms with Crippen LogP contribution >= 0.6 is 0 Å². The molecule has 1 N–H and O–H groups in total. The predicted octanol–water partition coefficient (Wildman–Crippen LogP) is 2.87. The van der Waals surface area contributed by atoms with Crippen molar-refractivity contribution in [1.82, 2.24) is 25.0 Å². The first-order valence-corrected chi connectivity index (χ1v) is 11.6. The summed E-state index contributed by atoms with van der Waals surface area (Å²) in [6.45, 7) is 2.02. The Morgan fingerprint density at radius 2 is 1.85 bits per heavy atom. The van der Waals surface area contributed by atoms with E-state index in [2.05, 4.69) is 10.2 Å². The highest BCUT2D eigenvalue weighted by Crippen LogP contribution is 2.45. The first-order chi connectivity index (χ1) is 12.5. The van der Waals surface area contributed by atoms with E-state index in [9.17, 15) is 8.42 Å². The maximum absolute atomic E-state index is 12.0. The lowest BCUT2D eigenvalue weighted by molar-refractivity contribution is 0.493. The molecule has 1 unspecified atom stereocenters. The number of hydrogen-bond acceptors (Lipinski definition) is 5. The highest BCUT2D eigenvalue weighted by atomic mass is 32.2. The van der Waals surface area contributed by atoms with Crippen molar-refractivity contribution in [2.45, 2.75) is 69.7 Å². The van der Waals surface area contributed by atoms with E-state index < -0.39 is 9.84 Å². The van der Waals surface area contributed by atoms with Gasteiger partial charge in [-0.3, -0.25) is 5.10 Å². The number of nitrogens with one attached hydrogen (secondary N) is 1. The van der Waals surface area contributed by atoms with Crippen molar-refractivity contribution in [3.63, 3.8) is 0 Å². The van der Waals surface area contributed by atoms with Crippen molar-refractivity contribution in [1.29, 1.82) is 0 Å². The van der Waals surface area contributed by atoms with Crippen LogP contribution in [-0.4, -0.2) is 44.9 Å². The summed E-state index contributed by atoms with van der Waals surface area (Å²) in [7, 11) is -2.98. The molecule has 5 rings (SSSR count). The van der Waals surface area contributed by atoms with Crippen LogP contribution in [0.4, 0.5) is 0 Å². The van der Waals surface area contributed by atoms with Crippen molar-refractivity contribution in [2.75, 3.05) is 11.5 Å². The van der Waals surface area contributed by atoms with Gasteiger partial charge >= 0.3 is 0 Å². The second-order valence-electron chi connectivity index (χ2n) is 8.16. The number of aromatic nitrogens is 5. The predicted molar refractivity (Wildman–Crippen MR) is 97.8 cm³/mol. The zero-order valence-corrected chi connectivity index (χ0v) is 15.9. The van der Waals surface area contributed by atoms with Gasteiger partial charge in [0.15, 0.2) is 21.5 Å². The van der Waals surface area contributed by atoms with E-state index in [4.69, 9.17) is 10.1 Å². The summed E-state index contributed by atoms with van der Waals surface area (Å²) in [6.07, 6.45) is 7.67. The second-order valence-corrected chi connectivity index (χ2v) is 10.4. The number of aromatic amines is 1. The lowest BCUT2D eigenvalue weighted by Crippen LogP contribution is -2.14. The van der Waals surface area contributed by atoms with Crippen LogP contribution in [0, 0.1) is 6.92 Å². The van der Waals surface area contributed by atoms with Gasteiger partial charge in [-0.15, -0.1) is 0 Å². The van der Waals surface area contributed by atoms with Gasteiger partial charge in [-0.05, 0) is 39.0 Å². The molecule has 2 aliphatic carbocycles. The smallest absolute Gasteiger partial charge is 0.162 e. The van der Waals surface area contributed by atoms with Crippen molar-refractivity contribution in [3.05, 3.63) is 17.2 Å². The van der Waals surface area contributed by atoms with Crippen LogP contribution in [0.15, 0.2) is 0 Å². The topological polar surface area (TPSA) is 93.5 Å². The molecule has 26 heavy (non-hydrogen) atoms. The van der Waals surface area contributed by atoms with Gasteiger partial charge in [-0.25, -0.2) is 18.1 Å². The molecule has 0 radical (unpaired) electrons. The van der Waals surface area contributed by atoms with E-state index in [-0.39, 0.29) is 17.5 Å². The van der Waals surface area contributed by atoms with Crippen molar-refractivity contribution in [2.24, 2.45) is 0 Å². The van der Waals surface area contributed by atoms with E-state index in [1.165, 1.54) is 25.7 Å². The molecule has 2 aromatic heterocycles.